The van der Waals surface area contributed by atoms with E-state index in [1.54, 1.807) is 65.8 Å². The number of rotatable bonds is 6. The number of aromatic nitrogens is 1. The van der Waals surface area contributed by atoms with Crippen LogP contribution in [0.3, 0.4) is 0 Å². The third-order valence-corrected chi connectivity index (χ3v) is 6.22. The molecule has 1 aliphatic heterocycles. The summed E-state index contributed by atoms with van der Waals surface area (Å²) in [5, 5.41) is 5.45. The van der Waals surface area contributed by atoms with E-state index in [-0.39, 0.29) is 24.7 Å². The van der Waals surface area contributed by atoms with Crippen molar-refractivity contribution in [2.24, 2.45) is 0 Å². The molecule has 0 aliphatic carbocycles. The number of alkyl halides is 1. The van der Waals surface area contributed by atoms with Crippen molar-refractivity contribution in [3.05, 3.63) is 59.0 Å². The molecule has 1 fully saturated rings. The lowest BCUT2D eigenvalue weighted by Gasteiger charge is -2.29. The molecule has 1 aromatic heterocycles. The summed E-state index contributed by atoms with van der Waals surface area (Å²) in [6.07, 6.45) is -1.78. The van der Waals surface area contributed by atoms with Crippen LogP contribution in [-0.4, -0.2) is 57.9 Å². The van der Waals surface area contributed by atoms with E-state index in [9.17, 15) is 18.8 Å². The van der Waals surface area contributed by atoms with Gasteiger partial charge in [-0.3, -0.25) is 15.0 Å². The molecule has 0 saturated carbocycles. The standard InChI is InChI=1S/C30H40F2N4O5/c1-17(2)20-12-11-18(14-22(20)32)24(21-10-9-13-33-25(21)35-27(38)40-29(3,4)5)34-26(37)23-15-19(31)16-36(23)28(39)41-30(6,7)8/h9-14,17,19,23-24H,15-16H2,1-8H3,(H,34,37)(H,33,35,38)/t19-,23+,24-/m1/s1. The van der Waals surface area contributed by atoms with Crippen molar-refractivity contribution in [2.45, 2.75) is 97.2 Å². The Labute approximate surface area is 240 Å². The fourth-order valence-electron chi connectivity index (χ4n) is 4.48. The molecule has 0 radical (unpaired) electrons. The van der Waals surface area contributed by atoms with Crippen LogP contribution in [0.15, 0.2) is 36.5 Å². The summed E-state index contributed by atoms with van der Waals surface area (Å²) in [4.78, 5) is 44.4. The minimum Gasteiger partial charge on any atom is -0.444 e. The maximum absolute atomic E-state index is 15.2. The minimum absolute atomic E-state index is 0.0813. The quantitative estimate of drug-likeness (QED) is 0.422. The molecule has 2 heterocycles. The molecule has 11 heteroatoms. The number of ether oxygens (including phenoxy) is 2. The van der Waals surface area contributed by atoms with Crippen molar-refractivity contribution in [1.29, 1.82) is 0 Å². The van der Waals surface area contributed by atoms with Crippen LogP contribution in [0.1, 0.15) is 90.5 Å². The highest BCUT2D eigenvalue weighted by Crippen LogP contribution is 2.32. The summed E-state index contributed by atoms with van der Waals surface area (Å²) in [5.74, 6) is -1.13. The predicted molar refractivity (Wildman–Crippen MR) is 151 cm³/mol. The second kappa shape index (κ2) is 12.4. The number of carbonyl (C=O) groups is 3. The van der Waals surface area contributed by atoms with Gasteiger partial charge in [-0.05, 0) is 70.7 Å². The van der Waals surface area contributed by atoms with E-state index in [1.807, 2.05) is 13.8 Å². The number of pyridine rings is 1. The van der Waals surface area contributed by atoms with Crippen LogP contribution in [0.4, 0.5) is 24.2 Å². The monoisotopic (exact) mass is 574 g/mol. The van der Waals surface area contributed by atoms with Crippen LogP contribution < -0.4 is 10.6 Å². The Morgan fingerprint density at radius 1 is 1.02 bits per heavy atom. The van der Waals surface area contributed by atoms with E-state index in [0.717, 1.165) is 4.90 Å². The topological polar surface area (TPSA) is 110 Å². The maximum atomic E-state index is 15.2. The molecule has 3 amide bonds. The van der Waals surface area contributed by atoms with Crippen molar-refractivity contribution >= 4 is 23.9 Å². The molecule has 3 rings (SSSR count). The summed E-state index contributed by atoms with van der Waals surface area (Å²) >= 11 is 0. The summed E-state index contributed by atoms with van der Waals surface area (Å²) in [6, 6.07) is 5.66. The van der Waals surface area contributed by atoms with Crippen LogP contribution in [0.2, 0.25) is 0 Å². The average molecular weight is 575 g/mol. The maximum Gasteiger partial charge on any atom is 0.413 e. The zero-order valence-corrected chi connectivity index (χ0v) is 24.9. The van der Waals surface area contributed by atoms with Gasteiger partial charge in [-0.25, -0.2) is 23.4 Å². The van der Waals surface area contributed by atoms with E-state index >= 15 is 4.39 Å². The highest BCUT2D eigenvalue weighted by Gasteiger charge is 2.42. The van der Waals surface area contributed by atoms with Crippen LogP contribution in [-0.2, 0) is 14.3 Å². The third kappa shape index (κ3) is 8.61. The summed E-state index contributed by atoms with van der Waals surface area (Å²) in [7, 11) is 0. The largest absolute Gasteiger partial charge is 0.444 e. The van der Waals surface area contributed by atoms with E-state index in [4.69, 9.17) is 9.47 Å². The van der Waals surface area contributed by atoms with E-state index in [0.29, 0.717) is 16.7 Å². The van der Waals surface area contributed by atoms with E-state index < -0.39 is 53.4 Å². The summed E-state index contributed by atoms with van der Waals surface area (Å²) in [5.41, 5.74) is -0.438. The van der Waals surface area contributed by atoms with Crippen LogP contribution in [0.5, 0.6) is 0 Å². The van der Waals surface area contributed by atoms with E-state index in [1.165, 1.54) is 12.3 Å². The Balaban J connectivity index is 2.01. The fourth-order valence-corrected chi connectivity index (χ4v) is 4.48. The highest BCUT2D eigenvalue weighted by molar-refractivity contribution is 5.88. The van der Waals surface area contributed by atoms with Gasteiger partial charge in [0.2, 0.25) is 5.91 Å². The number of carbonyl (C=O) groups excluding carboxylic acids is 3. The normalized spacial score (nSPS) is 18.2. The SMILES string of the molecule is CC(C)c1ccc([C@@H](NC(=O)[C@@H]2C[C@@H](F)CN2C(=O)OC(C)(C)C)c2cccnc2NC(=O)OC(C)(C)C)cc1F. The minimum atomic E-state index is -1.43. The number of nitrogens with zero attached hydrogens (tertiary/aromatic N) is 2. The number of benzene rings is 1. The van der Waals surface area contributed by atoms with Crippen molar-refractivity contribution in [3.8, 4) is 0 Å². The molecule has 9 nitrogen and oxygen atoms in total. The fraction of sp³-hybridized carbons (Fsp3) is 0.533. The molecule has 0 spiro atoms. The lowest BCUT2D eigenvalue weighted by Crippen LogP contribution is -2.48. The Kier molecular flexibility index (Phi) is 9.61. The van der Waals surface area contributed by atoms with Gasteiger partial charge in [0.05, 0.1) is 12.6 Å². The molecule has 1 aromatic carbocycles. The molecular weight excluding hydrogens is 534 g/mol. The van der Waals surface area contributed by atoms with Crippen LogP contribution in [0.25, 0.3) is 0 Å². The molecule has 224 valence electrons. The van der Waals surface area contributed by atoms with Crippen molar-refractivity contribution < 1.29 is 32.6 Å². The number of halogens is 2. The number of anilines is 1. The zero-order chi connectivity index (χ0) is 30.7. The molecule has 1 saturated heterocycles. The molecule has 2 aromatic rings. The van der Waals surface area contributed by atoms with Gasteiger partial charge in [0.15, 0.2) is 0 Å². The van der Waals surface area contributed by atoms with E-state index in [2.05, 4.69) is 15.6 Å². The Hall–Kier alpha value is -3.76. The van der Waals surface area contributed by atoms with Gasteiger partial charge in [-0.2, -0.15) is 0 Å². The van der Waals surface area contributed by atoms with Gasteiger partial charge in [-0.1, -0.05) is 32.0 Å². The van der Waals surface area contributed by atoms with Crippen LogP contribution in [0, 0.1) is 5.82 Å². The van der Waals surface area contributed by atoms with Crippen molar-refractivity contribution in [3.63, 3.8) is 0 Å². The first-order valence-electron chi connectivity index (χ1n) is 13.6. The smallest absolute Gasteiger partial charge is 0.413 e. The van der Waals surface area contributed by atoms with Crippen LogP contribution >= 0.6 is 0 Å². The van der Waals surface area contributed by atoms with Gasteiger partial charge < -0.3 is 14.8 Å². The molecule has 2 N–H and O–H groups in total. The number of likely N-dealkylation sites (tertiary alicyclic amines) is 1. The first-order valence-corrected chi connectivity index (χ1v) is 13.6. The lowest BCUT2D eigenvalue weighted by atomic mass is 9.94. The first kappa shape index (κ1) is 31.8. The Bertz CT molecular complexity index is 1270. The lowest BCUT2D eigenvalue weighted by molar-refractivity contribution is -0.126. The van der Waals surface area contributed by atoms with Gasteiger partial charge in [-0.15, -0.1) is 0 Å². The predicted octanol–water partition coefficient (Wildman–Crippen LogP) is 6.24. The second-order valence-corrected chi connectivity index (χ2v) is 12.4. The van der Waals surface area contributed by atoms with Gasteiger partial charge in [0.1, 0.15) is 35.1 Å². The first-order chi connectivity index (χ1) is 18.9. The Morgan fingerprint density at radius 3 is 2.27 bits per heavy atom. The highest BCUT2D eigenvalue weighted by atomic mass is 19.1. The third-order valence-electron chi connectivity index (χ3n) is 6.22. The van der Waals surface area contributed by atoms with Gasteiger partial charge >= 0.3 is 12.2 Å². The molecule has 0 unspecified atom stereocenters. The summed E-state index contributed by atoms with van der Waals surface area (Å²) < 4.78 is 40.4. The van der Waals surface area contributed by atoms with Gasteiger partial charge in [0.25, 0.3) is 0 Å². The molecule has 41 heavy (non-hydrogen) atoms. The van der Waals surface area contributed by atoms with Crippen molar-refractivity contribution in [2.75, 3.05) is 11.9 Å². The zero-order valence-electron chi connectivity index (χ0n) is 24.9. The molecule has 1 aliphatic rings. The molecular formula is C30H40F2N4O5. The molecule has 3 atom stereocenters. The number of amides is 3. The number of nitrogens with one attached hydrogen (secondary N) is 2. The Morgan fingerprint density at radius 2 is 1.68 bits per heavy atom. The van der Waals surface area contributed by atoms with Gasteiger partial charge in [0, 0.05) is 18.2 Å². The second-order valence-electron chi connectivity index (χ2n) is 12.4. The molecule has 0 bridgehead atoms. The van der Waals surface area contributed by atoms with Crippen molar-refractivity contribution in [1.82, 2.24) is 15.2 Å². The number of hydrogen-bond donors (Lipinski definition) is 2. The number of hydrogen-bond acceptors (Lipinski definition) is 6. The summed E-state index contributed by atoms with van der Waals surface area (Å²) in [6.45, 7) is 13.6. The average Bonchev–Trinajstić information content (AvgIpc) is 3.22.